The van der Waals surface area contributed by atoms with Crippen LogP contribution >= 0.6 is 0 Å². The quantitative estimate of drug-likeness (QED) is 0.711. The van der Waals surface area contributed by atoms with Crippen LogP contribution < -0.4 is 11.1 Å². The van der Waals surface area contributed by atoms with Gasteiger partial charge in [0.1, 0.15) is 6.04 Å². The molecule has 0 aromatic heterocycles. The minimum Gasteiger partial charge on any atom is -0.352 e. The molecule has 0 rings (SSSR count). The summed E-state index contributed by atoms with van der Waals surface area (Å²) in [4.78, 5) is 24.6. The molecule has 16 heavy (non-hydrogen) atoms. The molecule has 0 fully saturated rings. The van der Waals surface area contributed by atoms with Gasteiger partial charge in [-0.05, 0) is 26.2 Å². The van der Waals surface area contributed by atoms with E-state index in [1.165, 1.54) is 0 Å². The SMILES string of the molecule is CCN(CC)C(=O)[C@H](CC(C)C)NC(N)=O. The monoisotopic (exact) mass is 229 g/mol. The molecule has 0 saturated heterocycles. The van der Waals surface area contributed by atoms with E-state index in [0.717, 1.165) is 0 Å². The molecule has 0 aromatic rings. The maximum absolute atomic E-state index is 12.0. The van der Waals surface area contributed by atoms with Crippen molar-refractivity contribution in [1.82, 2.24) is 10.2 Å². The van der Waals surface area contributed by atoms with Gasteiger partial charge >= 0.3 is 6.03 Å². The lowest BCUT2D eigenvalue weighted by atomic mass is 10.0. The van der Waals surface area contributed by atoms with Gasteiger partial charge in [-0.3, -0.25) is 4.79 Å². The Bertz CT molecular complexity index is 237. The molecule has 0 bridgehead atoms. The normalized spacial score (nSPS) is 12.3. The molecule has 0 unspecified atom stereocenters. The van der Waals surface area contributed by atoms with Crippen LogP contribution in [0.3, 0.4) is 0 Å². The summed E-state index contributed by atoms with van der Waals surface area (Å²) in [5.74, 6) is 0.272. The summed E-state index contributed by atoms with van der Waals surface area (Å²) < 4.78 is 0. The molecule has 0 aromatic carbocycles. The number of nitrogens with two attached hydrogens (primary N) is 1. The molecule has 3 N–H and O–H groups in total. The number of hydrogen-bond acceptors (Lipinski definition) is 2. The number of carbonyl (C=O) groups excluding carboxylic acids is 2. The van der Waals surface area contributed by atoms with Crippen molar-refractivity contribution in [3.8, 4) is 0 Å². The summed E-state index contributed by atoms with van der Waals surface area (Å²) in [6, 6.07) is -1.15. The zero-order valence-electron chi connectivity index (χ0n) is 10.6. The van der Waals surface area contributed by atoms with E-state index < -0.39 is 12.1 Å². The predicted octanol–water partition coefficient (Wildman–Crippen LogP) is 0.938. The zero-order valence-corrected chi connectivity index (χ0v) is 10.6. The minimum absolute atomic E-state index is 0.0579. The zero-order chi connectivity index (χ0) is 12.7. The number of urea groups is 1. The standard InChI is InChI=1S/C11H23N3O2/c1-5-14(6-2)10(15)9(7-8(3)4)13-11(12)16/h8-9H,5-7H2,1-4H3,(H3,12,13,16)/t9-/m0/s1. The summed E-state index contributed by atoms with van der Waals surface area (Å²) in [5.41, 5.74) is 5.07. The number of nitrogens with zero attached hydrogens (tertiary/aromatic N) is 1. The molecule has 3 amide bonds. The summed E-state index contributed by atoms with van der Waals surface area (Å²) in [7, 11) is 0. The summed E-state index contributed by atoms with van der Waals surface area (Å²) in [5, 5.41) is 2.51. The van der Waals surface area contributed by atoms with Crippen molar-refractivity contribution in [3.05, 3.63) is 0 Å². The van der Waals surface area contributed by atoms with Crippen LogP contribution in [0.4, 0.5) is 4.79 Å². The Hall–Kier alpha value is -1.26. The Morgan fingerprint density at radius 1 is 1.25 bits per heavy atom. The lowest BCUT2D eigenvalue weighted by molar-refractivity contribution is -0.133. The number of rotatable bonds is 6. The maximum Gasteiger partial charge on any atom is 0.312 e. The molecule has 0 aliphatic carbocycles. The first kappa shape index (κ1) is 14.7. The highest BCUT2D eigenvalue weighted by atomic mass is 16.2. The molecule has 1 atom stereocenters. The number of nitrogens with one attached hydrogen (secondary N) is 1. The van der Waals surface area contributed by atoms with E-state index in [0.29, 0.717) is 25.4 Å². The van der Waals surface area contributed by atoms with Crippen LogP contribution in [-0.4, -0.2) is 36.0 Å². The van der Waals surface area contributed by atoms with Crippen LogP contribution in [0.25, 0.3) is 0 Å². The number of primary amides is 1. The summed E-state index contributed by atoms with van der Waals surface area (Å²) >= 11 is 0. The van der Waals surface area contributed by atoms with Crippen LogP contribution in [0.1, 0.15) is 34.1 Å². The lowest BCUT2D eigenvalue weighted by Crippen LogP contribution is -2.50. The van der Waals surface area contributed by atoms with Crippen molar-refractivity contribution in [2.45, 2.75) is 40.2 Å². The van der Waals surface area contributed by atoms with Gasteiger partial charge in [-0.25, -0.2) is 4.79 Å². The Morgan fingerprint density at radius 2 is 1.75 bits per heavy atom. The fourth-order valence-corrected chi connectivity index (χ4v) is 1.62. The van der Waals surface area contributed by atoms with Crippen molar-refractivity contribution in [2.24, 2.45) is 11.7 Å². The molecule has 0 aliphatic rings. The molecule has 94 valence electrons. The van der Waals surface area contributed by atoms with Gasteiger partial charge in [-0.15, -0.1) is 0 Å². The largest absolute Gasteiger partial charge is 0.352 e. The van der Waals surface area contributed by atoms with E-state index in [2.05, 4.69) is 5.32 Å². The van der Waals surface area contributed by atoms with Gasteiger partial charge in [0, 0.05) is 13.1 Å². The number of likely N-dealkylation sites (N-methyl/N-ethyl adjacent to an activating group) is 1. The molecule has 0 spiro atoms. The summed E-state index contributed by atoms with van der Waals surface area (Å²) in [6.45, 7) is 9.13. The predicted molar refractivity (Wildman–Crippen MR) is 63.9 cm³/mol. The van der Waals surface area contributed by atoms with Crippen LogP contribution in [0, 0.1) is 5.92 Å². The first-order valence-corrected chi connectivity index (χ1v) is 5.77. The highest BCUT2D eigenvalue weighted by molar-refractivity contribution is 5.86. The minimum atomic E-state index is -0.647. The molecule has 0 radical (unpaired) electrons. The Kier molecular flexibility index (Phi) is 6.53. The number of amides is 3. The molecule has 0 saturated carbocycles. The van der Waals surface area contributed by atoms with E-state index in [1.54, 1.807) is 4.90 Å². The van der Waals surface area contributed by atoms with Crippen molar-refractivity contribution in [3.63, 3.8) is 0 Å². The topological polar surface area (TPSA) is 75.4 Å². The maximum atomic E-state index is 12.0. The van der Waals surface area contributed by atoms with Gasteiger partial charge in [0.2, 0.25) is 5.91 Å². The average Bonchev–Trinajstić information content (AvgIpc) is 2.17. The Labute approximate surface area is 97.4 Å². The van der Waals surface area contributed by atoms with E-state index in [4.69, 9.17) is 5.73 Å². The van der Waals surface area contributed by atoms with E-state index in [9.17, 15) is 9.59 Å². The highest BCUT2D eigenvalue weighted by Gasteiger charge is 2.24. The molecule has 5 heteroatoms. The Morgan fingerprint density at radius 3 is 2.06 bits per heavy atom. The molecular formula is C11H23N3O2. The second kappa shape index (κ2) is 7.09. The fourth-order valence-electron chi connectivity index (χ4n) is 1.62. The van der Waals surface area contributed by atoms with Crippen molar-refractivity contribution in [2.75, 3.05) is 13.1 Å². The van der Waals surface area contributed by atoms with Crippen molar-refractivity contribution in [1.29, 1.82) is 0 Å². The first-order valence-electron chi connectivity index (χ1n) is 5.77. The molecule has 0 aliphatic heterocycles. The van der Waals surface area contributed by atoms with Crippen LogP contribution in [0.5, 0.6) is 0 Å². The van der Waals surface area contributed by atoms with Crippen molar-refractivity contribution >= 4 is 11.9 Å². The fraction of sp³-hybridized carbons (Fsp3) is 0.818. The van der Waals surface area contributed by atoms with E-state index in [-0.39, 0.29) is 5.91 Å². The average molecular weight is 229 g/mol. The molecule has 0 heterocycles. The second-order valence-electron chi connectivity index (χ2n) is 4.20. The van der Waals surface area contributed by atoms with Gasteiger partial charge in [0.05, 0.1) is 0 Å². The third kappa shape index (κ3) is 5.00. The third-order valence-corrected chi connectivity index (χ3v) is 2.40. The van der Waals surface area contributed by atoms with Gasteiger partial charge < -0.3 is 16.0 Å². The highest BCUT2D eigenvalue weighted by Crippen LogP contribution is 2.07. The van der Waals surface area contributed by atoms with E-state index in [1.807, 2.05) is 27.7 Å². The third-order valence-electron chi connectivity index (χ3n) is 2.40. The van der Waals surface area contributed by atoms with Crippen molar-refractivity contribution < 1.29 is 9.59 Å². The molecular weight excluding hydrogens is 206 g/mol. The van der Waals surface area contributed by atoms with Gasteiger partial charge in [0.25, 0.3) is 0 Å². The lowest BCUT2D eigenvalue weighted by Gasteiger charge is -2.26. The second-order valence-corrected chi connectivity index (χ2v) is 4.20. The number of carbonyl (C=O) groups is 2. The van der Waals surface area contributed by atoms with Crippen LogP contribution in [-0.2, 0) is 4.79 Å². The van der Waals surface area contributed by atoms with E-state index >= 15 is 0 Å². The first-order chi connectivity index (χ1) is 7.42. The number of hydrogen-bond donors (Lipinski definition) is 2. The van der Waals surface area contributed by atoms with Crippen LogP contribution in [0.15, 0.2) is 0 Å². The van der Waals surface area contributed by atoms with Gasteiger partial charge in [-0.1, -0.05) is 13.8 Å². The Balaban J connectivity index is 4.59. The van der Waals surface area contributed by atoms with Gasteiger partial charge in [-0.2, -0.15) is 0 Å². The van der Waals surface area contributed by atoms with Gasteiger partial charge in [0.15, 0.2) is 0 Å². The van der Waals surface area contributed by atoms with Crippen LogP contribution in [0.2, 0.25) is 0 Å². The summed E-state index contributed by atoms with van der Waals surface area (Å²) in [6.07, 6.45) is 0.609. The molecule has 5 nitrogen and oxygen atoms in total. The smallest absolute Gasteiger partial charge is 0.312 e.